The van der Waals surface area contributed by atoms with Crippen molar-refractivity contribution in [3.8, 4) is 0 Å². The standard InChI is InChI=1S/C17H34O6/c1-3-5-6-7-8-9-10-11-12-13-15-19-21-23-22-20-17-16-18-14-4-2/h4,14H,3,5-13,15-17H2,1-2H3. The molecule has 6 heteroatoms. The minimum absolute atomic E-state index is 0.228. The second-order valence-corrected chi connectivity index (χ2v) is 5.37. The lowest BCUT2D eigenvalue weighted by atomic mass is 10.1. The second-order valence-electron chi connectivity index (χ2n) is 5.37. The highest BCUT2D eigenvalue weighted by atomic mass is 17.8. The van der Waals surface area contributed by atoms with Crippen molar-refractivity contribution in [1.82, 2.24) is 0 Å². The molecule has 0 aliphatic heterocycles. The van der Waals surface area contributed by atoms with Gasteiger partial charge in [-0.1, -0.05) is 70.8 Å². The van der Waals surface area contributed by atoms with E-state index in [1.807, 2.05) is 6.92 Å². The molecule has 6 nitrogen and oxygen atoms in total. The maximum absolute atomic E-state index is 4.99. The van der Waals surface area contributed by atoms with Crippen LogP contribution in [0.15, 0.2) is 12.3 Å². The van der Waals surface area contributed by atoms with Crippen molar-refractivity contribution in [3.05, 3.63) is 12.3 Å². The largest absolute Gasteiger partial charge is 0.499 e. The van der Waals surface area contributed by atoms with Crippen molar-refractivity contribution in [3.63, 3.8) is 0 Å². The molecule has 0 saturated carbocycles. The molecule has 0 N–H and O–H groups in total. The van der Waals surface area contributed by atoms with Gasteiger partial charge < -0.3 is 4.74 Å². The first-order valence-corrected chi connectivity index (χ1v) is 8.89. The van der Waals surface area contributed by atoms with Gasteiger partial charge in [-0.25, -0.2) is 9.78 Å². The summed E-state index contributed by atoms with van der Waals surface area (Å²) in [5.41, 5.74) is 0. The summed E-state index contributed by atoms with van der Waals surface area (Å²) >= 11 is 0. The zero-order valence-electron chi connectivity index (χ0n) is 14.8. The number of ether oxygens (including phenoxy) is 1. The van der Waals surface area contributed by atoms with Crippen molar-refractivity contribution in [2.45, 2.75) is 78.1 Å². The number of unbranched alkanes of at least 4 members (excludes halogenated alkanes) is 9. The summed E-state index contributed by atoms with van der Waals surface area (Å²) in [5, 5.41) is 12.8. The lowest BCUT2D eigenvalue weighted by molar-refractivity contribution is -0.708. The molecule has 0 aromatic rings. The molecular formula is C17H34O6. The average molecular weight is 334 g/mol. The number of hydrogen-bond acceptors (Lipinski definition) is 6. The molecule has 0 spiro atoms. The molecule has 0 amide bonds. The Bertz CT molecular complexity index is 235. The minimum Gasteiger partial charge on any atom is -0.499 e. The second kappa shape index (κ2) is 21.3. The van der Waals surface area contributed by atoms with Crippen LogP contribution in [0, 0.1) is 0 Å². The van der Waals surface area contributed by atoms with E-state index in [-0.39, 0.29) is 6.61 Å². The van der Waals surface area contributed by atoms with Crippen LogP contribution < -0.4 is 0 Å². The van der Waals surface area contributed by atoms with Gasteiger partial charge in [-0.05, 0) is 28.5 Å². The predicted octanol–water partition coefficient (Wildman–Crippen LogP) is 5.20. The molecule has 0 radical (unpaired) electrons. The van der Waals surface area contributed by atoms with Crippen LogP contribution in [-0.4, -0.2) is 19.8 Å². The van der Waals surface area contributed by atoms with E-state index < -0.39 is 0 Å². The fraction of sp³-hybridized carbons (Fsp3) is 0.882. The molecule has 23 heavy (non-hydrogen) atoms. The molecule has 0 saturated heterocycles. The van der Waals surface area contributed by atoms with Gasteiger partial charge >= 0.3 is 0 Å². The van der Waals surface area contributed by atoms with Crippen LogP contribution in [0.3, 0.4) is 0 Å². The van der Waals surface area contributed by atoms with Crippen molar-refractivity contribution in [1.29, 1.82) is 0 Å². The molecule has 0 aromatic heterocycles. The Labute approximate surface area is 140 Å². The molecule has 0 aliphatic rings. The lowest BCUT2D eigenvalue weighted by Gasteiger charge is -2.03. The first-order valence-electron chi connectivity index (χ1n) is 8.89. The monoisotopic (exact) mass is 334 g/mol. The smallest absolute Gasteiger partial charge is 0.119 e. The van der Waals surface area contributed by atoms with E-state index in [0.29, 0.717) is 13.2 Å². The van der Waals surface area contributed by atoms with Gasteiger partial charge in [0.25, 0.3) is 0 Å². The Morgan fingerprint density at radius 2 is 1.17 bits per heavy atom. The SMILES string of the molecule is CC=COCCOOOOOCCCCCCCCCCCC. The Kier molecular flexibility index (Phi) is 20.7. The van der Waals surface area contributed by atoms with E-state index in [2.05, 4.69) is 26.9 Å². The molecule has 0 bridgehead atoms. The third kappa shape index (κ3) is 21.3. The van der Waals surface area contributed by atoms with Gasteiger partial charge in [0.15, 0.2) is 0 Å². The quantitative estimate of drug-likeness (QED) is 0.140. The van der Waals surface area contributed by atoms with Gasteiger partial charge in [0.2, 0.25) is 0 Å². The number of hydrogen-bond donors (Lipinski definition) is 0. The topological polar surface area (TPSA) is 55.4 Å². The fourth-order valence-corrected chi connectivity index (χ4v) is 2.01. The number of allylic oxidation sites excluding steroid dienone is 1. The first-order chi connectivity index (χ1) is 11.4. The van der Waals surface area contributed by atoms with Crippen LogP contribution in [0.25, 0.3) is 0 Å². The summed E-state index contributed by atoms with van der Waals surface area (Å²) in [6.45, 7) is 5.18. The highest BCUT2D eigenvalue weighted by Gasteiger charge is 1.95. The first kappa shape index (κ1) is 22.3. The third-order valence-corrected chi connectivity index (χ3v) is 3.25. The van der Waals surface area contributed by atoms with E-state index in [0.717, 1.165) is 12.8 Å². The molecular weight excluding hydrogens is 300 g/mol. The Hall–Kier alpha value is -0.660. The Balaban J connectivity index is 2.95. The van der Waals surface area contributed by atoms with E-state index in [1.54, 1.807) is 12.3 Å². The van der Waals surface area contributed by atoms with Crippen molar-refractivity contribution < 1.29 is 29.6 Å². The summed E-state index contributed by atoms with van der Waals surface area (Å²) in [7, 11) is 0. The van der Waals surface area contributed by atoms with Gasteiger partial charge in [0.1, 0.15) is 13.2 Å². The fourth-order valence-electron chi connectivity index (χ4n) is 2.01. The van der Waals surface area contributed by atoms with Crippen LogP contribution in [0.5, 0.6) is 0 Å². The van der Waals surface area contributed by atoms with E-state index >= 15 is 0 Å². The van der Waals surface area contributed by atoms with Gasteiger partial charge in [-0.3, -0.25) is 0 Å². The molecule has 0 fully saturated rings. The highest BCUT2D eigenvalue weighted by Crippen LogP contribution is 2.10. The average Bonchev–Trinajstić information content (AvgIpc) is 2.57. The van der Waals surface area contributed by atoms with E-state index in [1.165, 1.54) is 51.4 Å². The summed E-state index contributed by atoms with van der Waals surface area (Å²) in [6.07, 6.45) is 16.1. The van der Waals surface area contributed by atoms with Crippen molar-refractivity contribution in [2.75, 3.05) is 19.8 Å². The molecule has 0 heterocycles. The summed E-state index contributed by atoms with van der Waals surface area (Å²) in [4.78, 5) is 9.38. The highest BCUT2D eigenvalue weighted by molar-refractivity contribution is 4.64. The summed E-state index contributed by atoms with van der Waals surface area (Å²) < 4.78 is 4.99. The maximum Gasteiger partial charge on any atom is 0.119 e. The van der Waals surface area contributed by atoms with Crippen molar-refractivity contribution >= 4 is 0 Å². The minimum atomic E-state index is 0.228. The molecule has 0 aliphatic carbocycles. The van der Waals surface area contributed by atoms with Crippen LogP contribution in [-0.2, 0) is 29.6 Å². The van der Waals surface area contributed by atoms with Gasteiger partial charge in [0.05, 0.1) is 12.9 Å². The molecule has 0 atom stereocenters. The molecule has 138 valence electrons. The summed E-state index contributed by atoms with van der Waals surface area (Å²) in [5.74, 6) is 0. The zero-order valence-corrected chi connectivity index (χ0v) is 14.8. The summed E-state index contributed by atoms with van der Waals surface area (Å²) in [6, 6.07) is 0. The molecule has 0 unspecified atom stereocenters. The molecule has 0 rings (SSSR count). The van der Waals surface area contributed by atoms with Crippen LogP contribution >= 0.6 is 0 Å². The third-order valence-electron chi connectivity index (χ3n) is 3.25. The van der Waals surface area contributed by atoms with Gasteiger partial charge in [0, 0.05) is 0 Å². The van der Waals surface area contributed by atoms with Crippen LogP contribution in [0.2, 0.25) is 0 Å². The van der Waals surface area contributed by atoms with E-state index in [9.17, 15) is 0 Å². The normalized spacial score (nSPS) is 11.4. The lowest BCUT2D eigenvalue weighted by Crippen LogP contribution is -2.05. The predicted molar refractivity (Wildman–Crippen MR) is 87.8 cm³/mol. The zero-order chi connectivity index (χ0) is 16.8. The van der Waals surface area contributed by atoms with E-state index in [4.69, 9.17) is 9.62 Å². The van der Waals surface area contributed by atoms with Crippen LogP contribution in [0.4, 0.5) is 0 Å². The van der Waals surface area contributed by atoms with Crippen molar-refractivity contribution in [2.24, 2.45) is 0 Å². The maximum atomic E-state index is 4.99. The van der Waals surface area contributed by atoms with Gasteiger partial charge in [-0.15, -0.1) is 0 Å². The Morgan fingerprint density at radius 3 is 1.78 bits per heavy atom. The number of rotatable bonds is 19. The van der Waals surface area contributed by atoms with Crippen LogP contribution in [0.1, 0.15) is 78.1 Å². The molecule has 0 aromatic carbocycles. The Morgan fingerprint density at radius 1 is 0.609 bits per heavy atom. The van der Waals surface area contributed by atoms with Gasteiger partial charge in [-0.2, -0.15) is 0 Å².